The van der Waals surface area contributed by atoms with Crippen LogP contribution in [-0.2, 0) is 4.74 Å². The maximum atomic E-state index is 9.04. The first-order valence-electron chi connectivity index (χ1n) is 6.59. The summed E-state index contributed by atoms with van der Waals surface area (Å²) in [6.45, 7) is 3.34. The summed E-state index contributed by atoms with van der Waals surface area (Å²) in [5.74, 6) is 0.200. The Bertz CT molecular complexity index is 237. The molecular formula is C13H25N3O. The predicted molar refractivity (Wildman–Crippen MR) is 68.7 cm³/mol. The van der Waals surface area contributed by atoms with Crippen LogP contribution in [0.3, 0.4) is 0 Å². The molecule has 1 aliphatic carbocycles. The van der Waals surface area contributed by atoms with E-state index in [2.05, 4.69) is 16.3 Å². The maximum absolute atomic E-state index is 9.04. The molecule has 1 fully saturated rings. The third-order valence-electron chi connectivity index (χ3n) is 3.27. The number of nitrogens with one attached hydrogen (secondary N) is 1. The molecule has 0 radical (unpaired) electrons. The van der Waals surface area contributed by atoms with Gasteiger partial charge in [-0.1, -0.05) is 12.8 Å². The van der Waals surface area contributed by atoms with Gasteiger partial charge >= 0.3 is 0 Å². The standard InChI is InChI=1S/C13H25N3O/c1-16(2)8-10-17-9-7-15-13-6-4-3-5-12(13)11-14/h12-13,15H,3-10H2,1-2H3. The van der Waals surface area contributed by atoms with Gasteiger partial charge in [0.1, 0.15) is 0 Å². The minimum Gasteiger partial charge on any atom is -0.379 e. The van der Waals surface area contributed by atoms with Crippen LogP contribution in [-0.4, -0.2) is 51.3 Å². The first-order valence-corrected chi connectivity index (χ1v) is 6.59. The fourth-order valence-corrected chi connectivity index (χ4v) is 2.20. The number of hydrogen-bond donors (Lipinski definition) is 1. The summed E-state index contributed by atoms with van der Waals surface area (Å²) in [5, 5.41) is 12.5. The Hall–Kier alpha value is -0.630. The fraction of sp³-hybridized carbons (Fsp3) is 0.923. The van der Waals surface area contributed by atoms with Gasteiger partial charge < -0.3 is 15.0 Å². The lowest BCUT2D eigenvalue weighted by molar-refractivity contribution is 0.115. The number of rotatable bonds is 7. The smallest absolute Gasteiger partial charge is 0.0672 e. The Morgan fingerprint density at radius 1 is 1.29 bits per heavy atom. The van der Waals surface area contributed by atoms with Crippen LogP contribution in [0.4, 0.5) is 0 Å². The van der Waals surface area contributed by atoms with E-state index in [0.717, 1.165) is 39.1 Å². The van der Waals surface area contributed by atoms with Gasteiger partial charge in [0.05, 0.1) is 25.2 Å². The molecule has 4 heteroatoms. The van der Waals surface area contributed by atoms with Crippen molar-refractivity contribution in [3.05, 3.63) is 0 Å². The Kier molecular flexibility index (Phi) is 7.18. The highest BCUT2D eigenvalue weighted by atomic mass is 16.5. The molecule has 1 aliphatic rings. The zero-order valence-corrected chi connectivity index (χ0v) is 11.1. The lowest BCUT2D eigenvalue weighted by atomic mass is 9.85. The van der Waals surface area contributed by atoms with Crippen molar-refractivity contribution in [2.75, 3.05) is 40.4 Å². The topological polar surface area (TPSA) is 48.3 Å². The molecule has 4 nitrogen and oxygen atoms in total. The van der Waals surface area contributed by atoms with Crippen LogP contribution in [0.5, 0.6) is 0 Å². The monoisotopic (exact) mass is 239 g/mol. The van der Waals surface area contributed by atoms with E-state index >= 15 is 0 Å². The molecule has 2 atom stereocenters. The van der Waals surface area contributed by atoms with Gasteiger partial charge in [-0.25, -0.2) is 0 Å². The molecule has 1 rings (SSSR count). The van der Waals surface area contributed by atoms with Crippen molar-refractivity contribution in [3.8, 4) is 6.07 Å². The molecule has 0 bridgehead atoms. The molecular weight excluding hydrogens is 214 g/mol. The Morgan fingerprint density at radius 3 is 2.76 bits per heavy atom. The fourth-order valence-electron chi connectivity index (χ4n) is 2.20. The summed E-state index contributed by atoms with van der Waals surface area (Å²) in [7, 11) is 4.09. The summed E-state index contributed by atoms with van der Waals surface area (Å²) in [6, 6.07) is 2.79. The van der Waals surface area contributed by atoms with Crippen LogP contribution >= 0.6 is 0 Å². The predicted octanol–water partition coefficient (Wildman–Crippen LogP) is 1.24. The largest absolute Gasteiger partial charge is 0.379 e. The zero-order valence-electron chi connectivity index (χ0n) is 11.1. The van der Waals surface area contributed by atoms with Gasteiger partial charge in [-0.05, 0) is 26.9 Å². The van der Waals surface area contributed by atoms with Gasteiger partial charge in [-0.3, -0.25) is 0 Å². The molecule has 0 saturated heterocycles. The first kappa shape index (κ1) is 14.4. The second-order valence-corrected chi connectivity index (χ2v) is 5.00. The normalized spacial score (nSPS) is 24.8. The molecule has 0 heterocycles. The molecule has 0 amide bonds. The lowest BCUT2D eigenvalue weighted by Crippen LogP contribution is -2.39. The van der Waals surface area contributed by atoms with Gasteiger partial charge in [0.25, 0.3) is 0 Å². The van der Waals surface area contributed by atoms with Crippen molar-refractivity contribution < 1.29 is 4.74 Å². The summed E-state index contributed by atoms with van der Waals surface area (Å²) >= 11 is 0. The van der Waals surface area contributed by atoms with Crippen molar-refractivity contribution >= 4 is 0 Å². The zero-order chi connectivity index (χ0) is 12.5. The quantitative estimate of drug-likeness (QED) is 0.679. The average molecular weight is 239 g/mol. The lowest BCUT2D eigenvalue weighted by Gasteiger charge is -2.27. The second kappa shape index (κ2) is 8.46. The van der Waals surface area contributed by atoms with Crippen LogP contribution in [0.2, 0.25) is 0 Å². The van der Waals surface area contributed by atoms with Crippen LogP contribution in [0.25, 0.3) is 0 Å². The molecule has 0 spiro atoms. The SMILES string of the molecule is CN(C)CCOCCNC1CCCCC1C#N. The summed E-state index contributed by atoms with van der Waals surface area (Å²) in [6.07, 6.45) is 4.64. The maximum Gasteiger partial charge on any atom is 0.0672 e. The van der Waals surface area contributed by atoms with Crippen LogP contribution in [0.1, 0.15) is 25.7 Å². The van der Waals surface area contributed by atoms with Crippen molar-refractivity contribution in [2.24, 2.45) is 5.92 Å². The first-order chi connectivity index (χ1) is 8.24. The summed E-state index contributed by atoms with van der Waals surface area (Å²) in [5.41, 5.74) is 0. The van der Waals surface area contributed by atoms with E-state index in [9.17, 15) is 0 Å². The Balaban J connectivity index is 2.03. The molecule has 0 aromatic rings. The highest BCUT2D eigenvalue weighted by Crippen LogP contribution is 2.23. The second-order valence-electron chi connectivity index (χ2n) is 5.00. The van der Waals surface area contributed by atoms with E-state index in [0.29, 0.717) is 6.04 Å². The van der Waals surface area contributed by atoms with Crippen molar-refractivity contribution in [1.82, 2.24) is 10.2 Å². The highest BCUT2D eigenvalue weighted by molar-refractivity contribution is 4.94. The van der Waals surface area contributed by atoms with E-state index in [1.165, 1.54) is 12.8 Å². The Labute approximate surface area is 105 Å². The van der Waals surface area contributed by atoms with Gasteiger partial charge in [-0.15, -0.1) is 0 Å². The minimum absolute atomic E-state index is 0.200. The van der Waals surface area contributed by atoms with Crippen molar-refractivity contribution in [1.29, 1.82) is 5.26 Å². The number of likely N-dealkylation sites (N-methyl/N-ethyl adjacent to an activating group) is 1. The van der Waals surface area contributed by atoms with Gasteiger partial charge in [0.15, 0.2) is 0 Å². The number of ether oxygens (including phenoxy) is 1. The third kappa shape index (κ3) is 6.02. The van der Waals surface area contributed by atoms with Crippen LogP contribution in [0.15, 0.2) is 0 Å². The molecule has 17 heavy (non-hydrogen) atoms. The molecule has 1 saturated carbocycles. The summed E-state index contributed by atoms with van der Waals surface area (Å²) < 4.78 is 5.52. The molecule has 98 valence electrons. The van der Waals surface area contributed by atoms with E-state index in [1.807, 2.05) is 14.1 Å². The highest BCUT2D eigenvalue weighted by Gasteiger charge is 2.23. The van der Waals surface area contributed by atoms with Crippen molar-refractivity contribution in [2.45, 2.75) is 31.7 Å². The molecule has 0 aromatic heterocycles. The van der Waals surface area contributed by atoms with Gasteiger partial charge in [0, 0.05) is 19.1 Å². The minimum atomic E-state index is 0.200. The Morgan fingerprint density at radius 2 is 2.06 bits per heavy atom. The third-order valence-corrected chi connectivity index (χ3v) is 3.27. The molecule has 2 unspecified atom stereocenters. The van der Waals surface area contributed by atoms with E-state index < -0.39 is 0 Å². The van der Waals surface area contributed by atoms with Gasteiger partial charge in [-0.2, -0.15) is 5.26 Å². The van der Waals surface area contributed by atoms with Crippen molar-refractivity contribution in [3.63, 3.8) is 0 Å². The average Bonchev–Trinajstić information content (AvgIpc) is 2.33. The van der Waals surface area contributed by atoms with Gasteiger partial charge in [0.2, 0.25) is 0 Å². The molecule has 0 aliphatic heterocycles. The molecule has 0 aromatic carbocycles. The van der Waals surface area contributed by atoms with E-state index in [1.54, 1.807) is 0 Å². The van der Waals surface area contributed by atoms with Crippen LogP contribution in [0, 0.1) is 17.2 Å². The van der Waals surface area contributed by atoms with E-state index in [-0.39, 0.29) is 5.92 Å². The number of nitriles is 1. The number of hydrogen-bond acceptors (Lipinski definition) is 4. The molecule has 1 N–H and O–H groups in total. The van der Waals surface area contributed by atoms with E-state index in [4.69, 9.17) is 10.00 Å². The summed E-state index contributed by atoms with van der Waals surface area (Å²) in [4.78, 5) is 2.11. The van der Waals surface area contributed by atoms with Crippen LogP contribution < -0.4 is 5.32 Å². The number of nitrogens with zero attached hydrogens (tertiary/aromatic N) is 2.